The smallest absolute Gasteiger partial charge is 0.144 e. The van der Waals surface area contributed by atoms with Crippen LogP contribution in [0.4, 0.5) is 0 Å². The second-order valence-electron chi connectivity index (χ2n) is 11.7. The number of imidazole rings is 1. The molecule has 3 aliphatic carbocycles. The Morgan fingerprint density at radius 3 is 2.26 bits per heavy atom. The van der Waals surface area contributed by atoms with Crippen molar-refractivity contribution >= 4 is 38.8 Å². The average Bonchev–Trinajstić information content (AvgIpc) is 3.44. The van der Waals surface area contributed by atoms with Gasteiger partial charge in [-0.15, -0.1) is 0 Å². The standard InChI is InChI=1S/C40H34N2/c1-27-20-25-34-35(26-27)39(33-17-9-8-16-32(33)38(34)28-12-4-2-5-13-28)29-21-23-31(24-22-29)42-37-19-11-10-18-36(37)41-40(42)30-14-6-3-7-15-30/h2,4,6,8-9,11-12,14-17,19-26H,3,5,7,10,13,18H2,1H3. The third-order valence-corrected chi connectivity index (χ3v) is 8.99. The van der Waals surface area contributed by atoms with Gasteiger partial charge in [-0.1, -0.05) is 103 Å². The fourth-order valence-electron chi connectivity index (χ4n) is 7.02. The van der Waals surface area contributed by atoms with E-state index in [-0.39, 0.29) is 0 Å². The van der Waals surface area contributed by atoms with E-state index in [0.717, 1.165) is 50.0 Å². The molecular formula is C40H34N2. The zero-order valence-electron chi connectivity index (χ0n) is 24.1. The number of allylic oxidation sites excluding steroid dienone is 9. The molecule has 0 saturated heterocycles. The Morgan fingerprint density at radius 2 is 1.48 bits per heavy atom. The molecule has 0 atom stereocenters. The van der Waals surface area contributed by atoms with E-state index in [0.29, 0.717) is 0 Å². The molecule has 8 rings (SSSR count). The minimum Gasteiger partial charge on any atom is -0.293 e. The molecule has 1 heterocycles. The van der Waals surface area contributed by atoms with Crippen molar-refractivity contribution in [3.8, 4) is 16.8 Å². The predicted octanol–water partition coefficient (Wildman–Crippen LogP) is 10.6. The molecule has 2 heteroatoms. The molecule has 42 heavy (non-hydrogen) atoms. The van der Waals surface area contributed by atoms with Crippen LogP contribution in [0.3, 0.4) is 0 Å². The van der Waals surface area contributed by atoms with Gasteiger partial charge in [0.05, 0.1) is 11.4 Å². The largest absolute Gasteiger partial charge is 0.293 e. The number of rotatable bonds is 4. The van der Waals surface area contributed by atoms with Crippen molar-refractivity contribution in [1.29, 1.82) is 0 Å². The van der Waals surface area contributed by atoms with Crippen LogP contribution >= 0.6 is 0 Å². The van der Waals surface area contributed by atoms with Crippen molar-refractivity contribution < 1.29 is 0 Å². The second-order valence-corrected chi connectivity index (χ2v) is 11.7. The number of hydrogen-bond acceptors (Lipinski definition) is 1. The Balaban J connectivity index is 1.33. The highest BCUT2D eigenvalue weighted by Crippen LogP contribution is 2.44. The van der Waals surface area contributed by atoms with E-state index < -0.39 is 0 Å². The summed E-state index contributed by atoms with van der Waals surface area (Å²) in [6.45, 7) is 2.20. The van der Waals surface area contributed by atoms with Crippen molar-refractivity contribution in [2.24, 2.45) is 0 Å². The van der Waals surface area contributed by atoms with E-state index in [2.05, 4.69) is 127 Å². The number of aryl methyl sites for hydroxylation is 2. The van der Waals surface area contributed by atoms with Gasteiger partial charge in [-0.25, -0.2) is 4.98 Å². The van der Waals surface area contributed by atoms with E-state index in [1.54, 1.807) is 0 Å². The molecule has 1 aromatic heterocycles. The Morgan fingerprint density at radius 1 is 0.690 bits per heavy atom. The summed E-state index contributed by atoms with van der Waals surface area (Å²) in [5, 5.41) is 5.32. The highest BCUT2D eigenvalue weighted by molar-refractivity contribution is 6.19. The van der Waals surface area contributed by atoms with Gasteiger partial charge in [0, 0.05) is 11.3 Å². The van der Waals surface area contributed by atoms with Crippen LogP contribution in [-0.4, -0.2) is 9.55 Å². The van der Waals surface area contributed by atoms with E-state index in [9.17, 15) is 0 Å². The molecule has 0 amide bonds. The summed E-state index contributed by atoms with van der Waals surface area (Å²) in [4.78, 5) is 5.16. The minimum atomic E-state index is 0.997. The van der Waals surface area contributed by atoms with Gasteiger partial charge in [0.25, 0.3) is 0 Å². The van der Waals surface area contributed by atoms with Crippen LogP contribution in [-0.2, 0) is 6.42 Å². The Kier molecular flexibility index (Phi) is 6.14. The molecule has 4 aromatic carbocycles. The molecule has 0 radical (unpaired) electrons. The molecule has 0 unspecified atom stereocenters. The predicted molar refractivity (Wildman–Crippen MR) is 179 cm³/mol. The summed E-state index contributed by atoms with van der Waals surface area (Å²) in [5.74, 6) is 1.06. The van der Waals surface area contributed by atoms with Crippen molar-refractivity contribution in [3.05, 3.63) is 138 Å². The zero-order valence-corrected chi connectivity index (χ0v) is 24.1. The highest BCUT2D eigenvalue weighted by Gasteiger charge is 2.22. The lowest BCUT2D eigenvalue weighted by Gasteiger charge is -2.21. The monoisotopic (exact) mass is 542 g/mol. The van der Waals surface area contributed by atoms with Gasteiger partial charge in [-0.2, -0.15) is 0 Å². The SMILES string of the molecule is Cc1ccc2c(C3=CC=CCC3)c3ccccc3c(-c3ccc(-n4c(C5=CCCC=C5)nc5c4C=CCC5)cc3)c2c1. The van der Waals surface area contributed by atoms with Gasteiger partial charge in [0.2, 0.25) is 0 Å². The maximum absolute atomic E-state index is 5.16. The summed E-state index contributed by atoms with van der Waals surface area (Å²) in [6.07, 6.45) is 24.6. The fourth-order valence-corrected chi connectivity index (χ4v) is 7.02. The lowest BCUT2D eigenvalue weighted by Crippen LogP contribution is -2.04. The summed E-state index contributed by atoms with van der Waals surface area (Å²) < 4.78 is 2.36. The number of fused-ring (bicyclic) bond motifs is 3. The van der Waals surface area contributed by atoms with E-state index >= 15 is 0 Å². The number of hydrogen-bond donors (Lipinski definition) is 0. The fraction of sp³-hybridized carbons (Fsp3) is 0.175. The topological polar surface area (TPSA) is 17.8 Å². The summed E-state index contributed by atoms with van der Waals surface area (Å²) in [5.41, 5.74) is 11.5. The Bertz CT molecular complexity index is 2020. The maximum Gasteiger partial charge on any atom is 0.144 e. The molecule has 204 valence electrons. The van der Waals surface area contributed by atoms with Crippen molar-refractivity contribution in [1.82, 2.24) is 9.55 Å². The second kappa shape index (κ2) is 10.3. The third kappa shape index (κ3) is 4.13. The van der Waals surface area contributed by atoms with Crippen LogP contribution in [0.25, 0.3) is 55.6 Å². The first-order valence-electron chi connectivity index (χ1n) is 15.3. The number of nitrogens with zero attached hydrogens (tertiary/aromatic N) is 2. The van der Waals surface area contributed by atoms with E-state index in [1.165, 1.54) is 66.3 Å². The molecular weight excluding hydrogens is 508 g/mol. The quantitative estimate of drug-likeness (QED) is 0.207. The van der Waals surface area contributed by atoms with Gasteiger partial charge in [0.15, 0.2) is 0 Å². The van der Waals surface area contributed by atoms with Gasteiger partial charge in [-0.3, -0.25) is 4.57 Å². The van der Waals surface area contributed by atoms with Crippen LogP contribution < -0.4 is 0 Å². The van der Waals surface area contributed by atoms with E-state index in [4.69, 9.17) is 4.98 Å². The number of aromatic nitrogens is 2. The highest BCUT2D eigenvalue weighted by atomic mass is 15.1. The van der Waals surface area contributed by atoms with Gasteiger partial charge < -0.3 is 0 Å². The first-order chi connectivity index (χ1) is 20.8. The molecule has 2 nitrogen and oxygen atoms in total. The minimum absolute atomic E-state index is 0.997. The number of benzene rings is 4. The Labute approximate surface area is 247 Å². The van der Waals surface area contributed by atoms with Crippen LogP contribution in [0.15, 0.2) is 109 Å². The van der Waals surface area contributed by atoms with Crippen molar-refractivity contribution in [2.75, 3.05) is 0 Å². The van der Waals surface area contributed by atoms with E-state index in [1.807, 2.05) is 0 Å². The molecule has 3 aliphatic rings. The zero-order chi connectivity index (χ0) is 28.0. The van der Waals surface area contributed by atoms with Gasteiger partial charge in [0.1, 0.15) is 5.82 Å². The van der Waals surface area contributed by atoms with Crippen LogP contribution in [0, 0.1) is 6.92 Å². The van der Waals surface area contributed by atoms with Crippen LogP contribution in [0.1, 0.15) is 60.4 Å². The van der Waals surface area contributed by atoms with Gasteiger partial charge in [-0.05, 0) is 107 Å². The molecule has 0 fully saturated rings. The first-order valence-corrected chi connectivity index (χ1v) is 15.3. The first kappa shape index (κ1) is 25.1. The summed E-state index contributed by atoms with van der Waals surface area (Å²) in [6, 6.07) is 25.2. The molecule has 0 N–H and O–H groups in total. The molecule has 0 saturated carbocycles. The van der Waals surface area contributed by atoms with Crippen LogP contribution in [0.2, 0.25) is 0 Å². The maximum atomic E-state index is 5.16. The molecule has 0 aliphatic heterocycles. The molecule has 0 spiro atoms. The third-order valence-electron chi connectivity index (χ3n) is 8.99. The van der Waals surface area contributed by atoms with Crippen molar-refractivity contribution in [2.45, 2.75) is 45.4 Å². The van der Waals surface area contributed by atoms with Crippen molar-refractivity contribution in [3.63, 3.8) is 0 Å². The van der Waals surface area contributed by atoms with Gasteiger partial charge >= 0.3 is 0 Å². The molecule has 0 bridgehead atoms. The summed E-state index contributed by atoms with van der Waals surface area (Å²) in [7, 11) is 0. The van der Waals surface area contributed by atoms with Crippen LogP contribution in [0.5, 0.6) is 0 Å². The summed E-state index contributed by atoms with van der Waals surface area (Å²) >= 11 is 0. The average molecular weight is 543 g/mol. The lowest BCUT2D eigenvalue weighted by atomic mass is 9.83. The normalized spacial score (nSPS) is 16.1. The lowest BCUT2D eigenvalue weighted by molar-refractivity contribution is 0.936. The Hall–Kier alpha value is -4.69. The molecule has 5 aromatic rings.